The lowest BCUT2D eigenvalue weighted by Crippen LogP contribution is -1.97. The number of rotatable bonds is 0. The van der Waals surface area contributed by atoms with Gasteiger partial charge >= 0.3 is 0 Å². The number of ether oxygens (including phenoxy) is 1. The number of Topliss-reactive ketones (excluding diaryl/α,β-unsaturated/α-hetero) is 1. The van der Waals surface area contributed by atoms with Crippen LogP contribution in [0.1, 0.15) is 238 Å². The van der Waals surface area contributed by atoms with Crippen molar-refractivity contribution in [3.8, 4) is 0 Å². The van der Waals surface area contributed by atoms with Crippen LogP contribution in [0.25, 0.3) is 0 Å². The molecule has 288 valence electrons. The van der Waals surface area contributed by atoms with Crippen LogP contribution in [0.5, 0.6) is 0 Å². The molecule has 2 unspecified atom stereocenters. The van der Waals surface area contributed by atoms with E-state index in [9.17, 15) is 4.79 Å². The Morgan fingerprint density at radius 3 is 0.800 bits per heavy atom. The Hall–Kier alpha value is -1.41. The van der Waals surface area contributed by atoms with E-state index in [0.717, 1.165) is 25.7 Å². The average molecular weight is 693 g/mol. The summed E-state index contributed by atoms with van der Waals surface area (Å²) in [5, 5.41) is 0. The molecule has 0 amide bonds. The van der Waals surface area contributed by atoms with Crippen LogP contribution in [0, 0.1) is 0 Å². The fourth-order valence-electron chi connectivity index (χ4n) is 7.49. The van der Waals surface area contributed by atoms with Crippen LogP contribution in [0.2, 0.25) is 0 Å². The molecule has 0 aromatic carbocycles. The number of allylic oxidation sites excluding steroid dienone is 8. The third-order valence-electron chi connectivity index (χ3n) is 11.0. The van der Waals surface area contributed by atoms with Gasteiger partial charge in [-0.3, -0.25) is 4.79 Å². The van der Waals surface area contributed by atoms with Gasteiger partial charge in [0.2, 0.25) is 0 Å². The monoisotopic (exact) mass is 693 g/mol. The van der Waals surface area contributed by atoms with Crippen LogP contribution in [-0.4, -0.2) is 18.0 Å². The summed E-state index contributed by atoms with van der Waals surface area (Å²) in [6.07, 6.45) is 68.5. The minimum Gasteiger partial charge on any atom is -0.370 e. The number of carbonyl (C=O) groups excluding carboxylic acids is 1. The molecular weight excluding hydrogens is 609 g/mol. The van der Waals surface area contributed by atoms with Gasteiger partial charge in [-0.2, -0.15) is 0 Å². The smallest absolute Gasteiger partial charge is 0.132 e. The van der Waals surface area contributed by atoms with Gasteiger partial charge in [0, 0.05) is 12.8 Å². The fraction of sp³-hybridized carbons (Fsp3) is 0.812. The van der Waals surface area contributed by atoms with Crippen molar-refractivity contribution >= 4 is 5.78 Å². The second-order valence-corrected chi connectivity index (χ2v) is 15.9. The van der Waals surface area contributed by atoms with Crippen LogP contribution < -0.4 is 0 Å². The number of fused-ring (bicyclic) bond motifs is 1. The molecule has 0 saturated carbocycles. The summed E-state index contributed by atoms with van der Waals surface area (Å²) in [5.41, 5.74) is 0. The molecule has 0 spiro atoms. The van der Waals surface area contributed by atoms with E-state index in [1.165, 1.54) is 212 Å². The van der Waals surface area contributed by atoms with Crippen molar-refractivity contribution in [2.45, 2.75) is 250 Å². The lowest BCUT2D eigenvalue weighted by atomic mass is 10.0. The molecule has 1 aliphatic heterocycles. The van der Waals surface area contributed by atoms with Crippen molar-refractivity contribution in [2.75, 3.05) is 0 Å². The summed E-state index contributed by atoms with van der Waals surface area (Å²) < 4.78 is 5.73. The standard InChI is InChI=1S/2C16H28O.C16H28/c1-2-4-6-8-10-12-14-16-15(17-16)13-11-9-7-5-3-1;17-16-14-12-10-8-6-4-2-1-3-5-7-9-11-13-15-16;1-2-4-6-8-10-12-14-16-15-13-11-9-7-5-3-1/h1-2,15-16H,3-14H2;1-2H,3-15H2;1-2,15-16H,3-14H2/b;2-1-;2-1-,16-15?. The van der Waals surface area contributed by atoms with Gasteiger partial charge in [0.05, 0.1) is 12.2 Å². The third kappa shape index (κ3) is 31.3. The van der Waals surface area contributed by atoms with Crippen molar-refractivity contribution < 1.29 is 9.53 Å². The predicted molar refractivity (Wildman–Crippen MR) is 221 cm³/mol. The maximum Gasteiger partial charge on any atom is 0.132 e. The Kier molecular flexibility index (Phi) is 32.2. The van der Waals surface area contributed by atoms with E-state index in [2.05, 4.69) is 48.6 Å². The van der Waals surface area contributed by atoms with E-state index in [4.69, 9.17) is 4.74 Å². The number of ketones is 1. The zero-order chi connectivity index (χ0) is 35.3. The zero-order valence-electron chi connectivity index (χ0n) is 33.3. The Morgan fingerprint density at radius 2 is 0.520 bits per heavy atom. The number of hydrogen-bond acceptors (Lipinski definition) is 2. The Labute approximate surface area is 312 Å². The van der Waals surface area contributed by atoms with E-state index in [1.807, 2.05) is 0 Å². The second-order valence-electron chi connectivity index (χ2n) is 15.9. The van der Waals surface area contributed by atoms with Gasteiger partial charge in [-0.15, -0.1) is 0 Å². The second kappa shape index (κ2) is 36.0. The van der Waals surface area contributed by atoms with E-state index in [0.29, 0.717) is 18.0 Å². The first-order chi connectivity index (χ1) is 24.9. The average Bonchev–Trinajstić information content (AvgIpc) is 3.87. The molecule has 4 aliphatic rings. The molecular formula is C48H84O2. The zero-order valence-corrected chi connectivity index (χ0v) is 33.3. The highest BCUT2D eigenvalue weighted by molar-refractivity contribution is 5.78. The van der Waals surface area contributed by atoms with Gasteiger partial charge in [-0.05, 0) is 128 Å². The van der Waals surface area contributed by atoms with Crippen LogP contribution in [0.4, 0.5) is 0 Å². The molecule has 0 aromatic rings. The summed E-state index contributed by atoms with van der Waals surface area (Å²) in [4.78, 5) is 11.6. The molecule has 50 heavy (non-hydrogen) atoms. The van der Waals surface area contributed by atoms with Crippen LogP contribution in [0.3, 0.4) is 0 Å². The van der Waals surface area contributed by atoms with Crippen molar-refractivity contribution in [3.05, 3.63) is 48.6 Å². The van der Waals surface area contributed by atoms with Gasteiger partial charge in [0.25, 0.3) is 0 Å². The summed E-state index contributed by atoms with van der Waals surface area (Å²) in [7, 11) is 0. The highest BCUT2D eigenvalue weighted by Crippen LogP contribution is 2.32. The lowest BCUT2D eigenvalue weighted by molar-refractivity contribution is -0.119. The lowest BCUT2D eigenvalue weighted by Gasteiger charge is -2.03. The first-order valence-electron chi connectivity index (χ1n) is 22.6. The molecule has 2 atom stereocenters. The van der Waals surface area contributed by atoms with E-state index in [-0.39, 0.29) is 0 Å². The largest absolute Gasteiger partial charge is 0.370 e. The quantitative estimate of drug-likeness (QED) is 0.187. The first-order valence-corrected chi connectivity index (χ1v) is 22.6. The minimum absolute atomic E-state index is 0.497. The van der Waals surface area contributed by atoms with Crippen molar-refractivity contribution in [1.29, 1.82) is 0 Å². The van der Waals surface area contributed by atoms with Crippen molar-refractivity contribution in [3.63, 3.8) is 0 Å². The minimum atomic E-state index is 0.497. The van der Waals surface area contributed by atoms with Crippen LogP contribution >= 0.6 is 0 Å². The highest BCUT2D eigenvalue weighted by Gasteiger charge is 2.36. The first kappa shape index (κ1) is 44.7. The van der Waals surface area contributed by atoms with E-state index >= 15 is 0 Å². The summed E-state index contributed by atoms with van der Waals surface area (Å²) in [6, 6.07) is 0. The highest BCUT2D eigenvalue weighted by atomic mass is 16.6. The molecule has 1 heterocycles. The Morgan fingerprint density at radius 1 is 0.300 bits per heavy atom. The molecule has 4 rings (SSSR count). The Bertz CT molecular complexity index is 786. The molecule has 0 N–H and O–H groups in total. The van der Waals surface area contributed by atoms with Crippen molar-refractivity contribution in [1.82, 2.24) is 0 Å². The molecule has 3 aliphatic carbocycles. The summed E-state index contributed by atoms with van der Waals surface area (Å²) in [6.45, 7) is 0. The molecule has 0 radical (unpaired) electrons. The Balaban J connectivity index is 0.000000260. The van der Waals surface area contributed by atoms with Gasteiger partial charge < -0.3 is 4.74 Å². The molecule has 2 nitrogen and oxygen atoms in total. The van der Waals surface area contributed by atoms with Crippen LogP contribution in [-0.2, 0) is 9.53 Å². The molecule has 2 heteroatoms. The van der Waals surface area contributed by atoms with E-state index < -0.39 is 0 Å². The molecule has 1 saturated heterocycles. The summed E-state index contributed by atoms with van der Waals surface area (Å²) >= 11 is 0. The van der Waals surface area contributed by atoms with Gasteiger partial charge in [-0.25, -0.2) is 0 Å². The van der Waals surface area contributed by atoms with Gasteiger partial charge in [0.1, 0.15) is 5.78 Å². The van der Waals surface area contributed by atoms with Crippen molar-refractivity contribution in [2.24, 2.45) is 0 Å². The maximum absolute atomic E-state index is 11.6. The predicted octanol–water partition coefficient (Wildman–Crippen LogP) is 16.0. The van der Waals surface area contributed by atoms with Gasteiger partial charge in [0.15, 0.2) is 0 Å². The molecule has 0 aromatic heterocycles. The molecule has 1 fully saturated rings. The number of epoxide rings is 1. The molecule has 0 bridgehead atoms. The number of carbonyl (C=O) groups is 1. The third-order valence-corrected chi connectivity index (χ3v) is 11.0. The maximum atomic E-state index is 11.6. The van der Waals surface area contributed by atoms with Crippen LogP contribution in [0.15, 0.2) is 48.6 Å². The fourth-order valence-corrected chi connectivity index (χ4v) is 7.49. The normalized spacial score (nSPS) is 27.2. The topological polar surface area (TPSA) is 29.6 Å². The van der Waals surface area contributed by atoms with Gasteiger partial charge in [-0.1, -0.05) is 145 Å². The summed E-state index contributed by atoms with van der Waals surface area (Å²) in [5.74, 6) is 0.497. The number of hydrogen-bond donors (Lipinski definition) is 0. The van der Waals surface area contributed by atoms with E-state index in [1.54, 1.807) is 0 Å². The SMILES string of the molecule is C1=CCCCCCC/C=C\CCCCCC1.C1=CCCCCCCC2OC2CCCCCC1.O=C1CCCCCC/C=C\CCCCCCC1.